The summed E-state index contributed by atoms with van der Waals surface area (Å²) in [4.78, 5) is 25.7. The molecule has 0 saturated carbocycles. The molecule has 6 heteroatoms. The molecule has 2 heterocycles. The Hall–Kier alpha value is -1.53. The molecular formula is C16H21N3O2S. The quantitative estimate of drug-likeness (QED) is 0.882. The lowest BCUT2D eigenvalue weighted by Crippen LogP contribution is -2.41. The molecule has 2 aliphatic heterocycles. The van der Waals surface area contributed by atoms with Gasteiger partial charge in [-0.1, -0.05) is 12.1 Å². The topological polar surface area (TPSA) is 61.4 Å². The Kier molecular flexibility index (Phi) is 5.00. The fraction of sp³-hybridized carbons (Fsp3) is 0.500. The van der Waals surface area contributed by atoms with Crippen LogP contribution in [0, 0.1) is 0 Å². The molecule has 2 N–H and O–H groups in total. The lowest BCUT2D eigenvalue weighted by atomic mass is 10.1. The summed E-state index contributed by atoms with van der Waals surface area (Å²) in [5.41, 5.74) is 2.00. The van der Waals surface area contributed by atoms with Crippen molar-refractivity contribution in [1.82, 2.24) is 10.6 Å². The summed E-state index contributed by atoms with van der Waals surface area (Å²) in [5.74, 6) is 1.94. The molecule has 0 radical (unpaired) electrons. The van der Waals surface area contributed by atoms with Gasteiger partial charge in [0.15, 0.2) is 0 Å². The molecule has 118 valence electrons. The molecule has 0 aromatic heterocycles. The molecule has 1 aromatic carbocycles. The van der Waals surface area contributed by atoms with Crippen molar-refractivity contribution in [2.24, 2.45) is 0 Å². The number of hydrogen-bond acceptors (Lipinski definition) is 4. The van der Waals surface area contributed by atoms with Crippen LogP contribution in [0.4, 0.5) is 5.69 Å². The van der Waals surface area contributed by atoms with Gasteiger partial charge in [0.05, 0.1) is 6.04 Å². The number of hydrogen-bond donors (Lipinski definition) is 2. The van der Waals surface area contributed by atoms with Crippen molar-refractivity contribution in [2.45, 2.75) is 31.8 Å². The van der Waals surface area contributed by atoms with Gasteiger partial charge in [-0.25, -0.2) is 0 Å². The Morgan fingerprint density at radius 1 is 1.32 bits per heavy atom. The van der Waals surface area contributed by atoms with Crippen molar-refractivity contribution in [1.29, 1.82) is 0 Å². The number of nitrogens with zero attached hydrogens (tertiary/aromatic N) is 1. The molecule has 1 unspecified atom stereocenters. The van der Waals surface area contributed by atoms with Crippen LogP contribution in [0.1, 0.15) is 24.8 Å². The van der Waals surface area contributed by atoms with Gasteiger partial charge in [-0.2, -0.15) is 0 Å². The van der Waals surface area contributed by atoms with Crippen LogP contribution in [0.2, 0.25) is 0 Å². The van der Waals surface area contributed by atoms with Gasteiger partial charge in [-0.05, 0) is 30.5 Å². The molecule has 0 aliphatic carbocycles. The number of carbonyl (C=O) groups is 2. The van der Waals surface area contributed by atoms with E-state index in [9.17, 15) is 9.59 Å². The molecule has 22 heavy (non-hydrogen) atoms. The fourth-order valence-electron chi connectivity index (χ4n) is 2.75. The predicted molar refractivity (Wildman–Crippen MR) is 88.7 cm³/mol. The van der Waals surface area contributed by atoms with Crippen LogP contribution in [0.25, 0.3) is 0 Å². The van der Waals surface area contributed by atoms with Gasteiger partial charge in [0, 0.05) is 36.8 Å². The maximum absolute atomic E-state index is 11.9. The normalized spacial score (nSPS) is 21.9. The predicted octanol–water partition coefficient (Wildman–Crippen LogP) is 1.48. The van der Waals surface area contributed by atoms with E-state index in [0.29, 0.717) is 13.0 Å². The minimum absolute atomic E-state index is 0.0558. The summed E-state index contributed by atoms with van der Waals surface area (Å²) >= 11 is 1.74. The summed E-state index contributed by atoms with van der Waals surface area (Å²) in [6.07, 6.45) is 2.70. The van der Waals surface area contributed by atoms with E-state index >= 15 is 0 Å². The summed E-state index contributed by atoms with van der Waals surface area (Å²) in [6, 6.07) is 7.82. The smallest absolute Gasteiger partial charge is 0.238 e. The van der Waals surface area contributed by atoms with Gasteiger partial charge < -0.3 is 10.2 Å². The van der Waals surface area contributed by atoms with Crippen molar-refractivity contribution >= 4 is 29.3 Å². The zero-order valence-electron chi connectivity index (χ0n) is 12.5. The van der Waals surface area contributed by atoms with Crippen LogP contribution in [0.3, 0.4) is 0 Å². The van der Waals surface area contributed by atoms with Crippen LogP contribution >= 0.6 is 11.8 Å². The first-order chi connectivity index (χ1) is 10.7. The van der Waals surface area contributed by atoms with Gasteiger partial charge in [0.1, 0.15) is 0 Å². The molecule has 3 rings (SSSR count). The van der Waals surface area contributed by atoms with Crippen LogP contribution in [-0.2, 0) is 16.1 Å². The van der Waals surface area contributed by atoms with Gasteiger partial charge in [0.25, 0.3) is 0 Å². The number of carbonyl (C=O) groups excluding carboxylic acids is 2. The Morgan fingerprint density at radius 2 is 2.14 bits per heavy atom. The number of amides is 2. The van der Waals surface area contributed by atoms with E-state index in [2.05, 4.69) is 10.6 Å². The Labute approximate surface area is 134 Å². The second-order valence-electron chi connectivity index (χ2n) is 5.66. The van der Waals surface area contributed by atoms with Crippen LogP contribution in [0.15, 0.2) is 24.3 Å². The Morgan fingerprint density at radius 3 is 2.82 bits per heavy atom. The molecule has 5 nitrogen and oxygen atoms in total. The standard InChI is InChI=1S/C16H21N3O2S/c20-15-3-1-2-8-19(15)13-6-4-12(5-7-13)9-17-16(21)14-10-22-11-18-14/h4-7,14,18H,1-3,8-11H2,(H,17,21). The number of nitrogens with one attached hydrogen (secondary N) is 2. The SMILES string of the molecule is O=C(NCc1ccc(N2CCCCC2=O)cc1)C1CSCN1. The summed E-state index contributed by atoms with van der Waals surface area (Å²) in [7, 11) is 0. The van der Waals surface area contributed by atoms with Crippen LogP contribution < -0.4 is 15.5 Å². The van der Waals surface area contributed by atoms with Crippen molar-refractivity contribution in [2.75, 3.05) is 23.1 Å². The maximum Gasteiger partial charge on any atom is 0.238 e. The summed E-state index contributed by atoms with van der Waals surface area (Å²) < 4.78 is 0. The van der Waals surface area contributed by atoms with Crippen molar-refractivity contribution in [3.05, 3.63) is 29.8 Å². The first-order valence-electron chi connectivity index (χ1n) is 7.72. The van der Waals surface area contributed by atoms with Crippen molar-refractivity contribution in [3.63, 3.8) is 0 Å². The molecule has 2 saturated heterocycles. The Balaban J connectivity index is 1.54. The third kappa shape index (κ3) is 3.62. The molecular weight excluding hydrogens is 298 g/mol. The molecule has 0 spiro atoms. The molecule has 0 bridgehead atoms. The zero-order chi connectivity index (χ0) is 15.4. The average Bonchev–Trinajstić information content (AvgIpc) is 3.08. The summed E-state index contributed by atoms with van der Waals surface area (Å²) in [6.45, 7) is 1.33. The third-order valence-electron chi connectivity index (χ3n) is 4.07. The molecule has 2 fully saturated rings. The van der Waals surface area contributed by atoms with E-state index in [-0.39, 0.29) is 17.9 Å². The number of piperidine rings is 1. The van der Waals surface area contributed by atoms with E-state index in [0.717, 1.165) is 42.3 Å². The van der Waals surface area contributed by atoms with Gasteiger partial charge in [0.2, 0.25) is 11.8 Å². The largest absolute Gasteiger partial charge is 0.351 e. The average molecular weight is 319 g/mol. The van der Waals surface area contributed by atoms with E-state index in [1.807, 2.05) is 29.2 Å². The molecule has 1 aromatic rings. The van der Waals surface area contributed by atoms with E-state index in [4.69, 9.17) is 0 Å². The minimum Gasteiger partial charge on any atom is -0.351 e. The van der Waals surface area contributed by atoms with Gasteiger partial charge in [-0.15, -0.1) is 11.8 Å². The lowest BCUT2D eigenvalue weighted by Gasteiger charge is -2.26. The highest BCUT2D eigenvalue weighted by Crippen LogP contribution is 2.21. The summed E-state index contributed by atoms with van der Waals surface area (Å²) in [5, 5.41) is 6.11. The highest BCUT2D eigenvalue weighted by molar-refractivity contribution is 7.99. The van der Waals surface area contributed by atoms with Gasteiger partial charge in [-0.3, -0.25) is 14.9 Å². The number of anilines is 1. The number of benzene rings is 1. The van der Waals surface area contributed by atoms with Crippen LogP contribution in [0.5, 0.6) is 0 Å². The molecule has 2 amide bonds. The molecule has 2 aliphatic rings. The Bertz CT molecular complexity index is 541. The first-order valence-corrected chi connectivity index (χ1v) is 8.87. The lowest BCUT2D eigenvalue weighted by molar-refractivity contribution is -0.122. The van der Waals surface area contributed by atoms with Crippen molar-refractivity contribution in [3.8, 4) is 0 Å². The second-order valence-corrected chi connectivity index (χ2v) is 6.69. The second kappa shape index (κ2) is 7.15. The highest BCUT2D eigenvalue weighted by Gasteiger charge is 2.22. The fourth-order valence-corrected chi connectivity index (χ4v) is 3.69. The van der Waals surface area contributed by atoms with E-state index in [1.54, 1.807) is 11.8 Å². The first kappa shape index (κ1) is 15.4. The van der Waals surface area contributed by atoms with Crippen LogP contribution in [-0.4, -0.2) is 36.0 Å². The zero-order valence-corrected chi connectivity index (χ0v) is 13.3. The van der Waals surface area contributed by atoms with E-state index < -0.39 is 0 Å². The van der Waals surface area contributed by atoms with Crippen molar-refractivity contribution < 1.29 is 9.59 Å². The number of rotatable bonds is 4. The number of thioether (sulfide) groups is 1. The highest BCUT2D eigenvalue weighted by atomic mass is 32.2. The monoisotopic (exact) mass is 319 g/mol. The third-order valence-corrected chi connectivity index (χ3v) is 5.01. The maximum atomic E-state index is 11.9. The molecule has 1 atom stereocenters. The van der Waals surface area contributed by atoms with E-state index in [1.165, 1.54) is 0 Å². The minimum atomic E-state index is -0.0738. The van der Waals surface area contributed by atoms with Gasteiger partial charge >= 0.3 is 0 Å².